The Morgan fingerprint density at radius 1 is 1.35 bits per heavy atom. The molecule has 0 unspecified atom stereocenters. The molecule has 0 heterocycles. The minimum absolute atomic E-state index is 0.0371. The molecule has 0 aliphatic heterocycles. The van der Waals surface area contributed by atoms with E-state index in [2.05, 4.69) is 0 Å². The first-order chi connectivity index (χ1) is 9.63. The van der Waals surface area contributed by atoms with Gasteiger partial charge in [0.15, 0.2) is 0 Å². The lowest BCUT2D eigenvalue weighted by Gasteiger charge is -2.34. The summed E-state index contributed by atoms with van der Waals surface area (Å²) in [5, 5.41) is 9.46. The molecule has 1 aliphatic carbocycles. The van der Waals surface area contributed by atoms with Gasteiger partial charge >= 0.3 is 0 Å². The third-order valence-corrected chi connectivity index (χ3v) is 4.21. The highest BCUT2D eigenvalue weighted by molar-refractivity contribution is 6.18. The number of carbonyl (C=O) groups excluding carboxylic acids is 1. The molecule has 2 rings (SSSR count). The smallest absolute Gasteiger partial charge is 0.254 e. The van der Waals surface area contributed by atoms with Crippen molar-refractivity contribution < 1.29 is 9.90 Å². The predicted octanol–water partition coefficient (Wildman–Crippen LogP) is 3.71. The Balaban J connectivity index is 2.21. The van der Waals surface area contributed by atoms with Gasteiger partial charge in [0.1, 0.15) is 5.75 Å². The summed E-state index contributed by atoms with van der Waals surface area (Å²) in [6.07, 6.45) is 5.77. The number of phenolic OH excluding ortho intramolecular Hbond substituents is 1. The number of benzene rings is 1. The molecule has 0 aromatic heterocycles. The monoisotopic (exact) mass is 295 g/mol. The van der Waals surface area contributed by atoms with Crippen LogP contribution in [0, 0.1) is 6.92 Å². The number of phenols is 1. The quantitative estimate of drug-likeness (QED) is 0.860. The summed E-state index contributed by atoms with van der Waals surface area (Å²) in [6, 6.07) is 5.22. The standard InChI is InChI=1S/C16H22ClNO2/c1-12-11-14(19)7-8-15(12)16(20)18(10-9-17)13-5-3-2-4-6-13/h7-8,11,13,19H,2-6,9-10H2,1H3. The van der Waals surface area contributed by atoms with E-state index in [9.17, 15) is 9.90 Å². The lowest BCUT2D eigenvalue weighted by molar-refractivity contribution is 0.0649. The third kappa shape index (κ3) is 3.45. The number of hydrogen-bond acceptors (Lipinski definition) is 2. The van der Waals surface area contributed by atoms with Crippen molar-refractivity contribution in [3.05, 3.63) is 29.3 Å². The van der Waals surface area contributed by atoms with E-state index >= 15 is 0 Å². The average molecular weight is 296 g/mol. The van der Waals surface area contributed by atoms with E-state index in [1.54, 1.807) is 18.2 Å². The number of alkyl halides is 1. The second kappa shape index (κ2) is 6.98. The zero-order valence-corrected chi connectivity index (χ0v) is 12.7. The molecule has 0 bridgehead atoms. The molecule has 1 aliphatic rings. The van der Waals surface area contributed by atoms with Gasteiger partial charge in [-0.05, 0) is 43.5 Å². The lowest BCUT2D eigenvalue weighted by Crippen LogP contribution is -2.42. The summed E-state index contributed by atoms with van der Waals surface area (Å²) in [5.74, 6) is 0.690. The maximum absolute atomic E-state index is 12.8. The Labute approximate surface area is 125 Å². The van der Waals surface area contributed by atoms with E-state index in [1.165, 1.54) is 19.3 Å². The first-order valence-electron chi connectivity index (χ1n) is 7.30. The summed E-state index contributed by atoms with van der Waals surface area (Å²) in [4.78, 5) is 14.7. The van der Waals surface area contributed by atoms with E-state index in [4.69, 9.17) is 11.6 Å². The van der Waals surface area contributed by atoms with Crippen LogP contribution < -0.4 is 0 Å². The largest absolute Gasteiger partial charge is 0.508 e. The Morgan fingerprint density at radius 3 is 2.65 bits per heavy atom. The number of rotatable bonds is 4. The lowest BCUT2D eigenvalue weighted by atomic mass is 9.93. The van der Waals surface area contributed by atoms with Crippen LogP contribution in [0.1, 0.15) is 48.0 Å². The van der Waals surface area contributed by atoms with Crippen LogP contribution in [0.5, 0.6) is 5.75 Å². The van der Waals surface area contributed by atoms with Crippen molar-refractivity contribution in [1.82, 2.24) is 4.90 Å². The van der Waals surface area contributed by atoms with E-state index in [1.807, 2.05) is 11.8 Å². The van der Waals surface area contributed by atoms with Gasteiger partial charge in [0, 0.05) is 24.0 Å². The zero-order chi connectivity index (χ0) is 14.5. The molecule has 3 nitrogen and oxygen atoms in total. The number of nitrogens with zero attached hydrogens (tertiary/aromatic N) is 1. The molecule has 1 fully saturated rings. The van der Waals surface area contributed by atoms with E-state index in [0.717, 1.165) is 18.4 Å². The molecule has 1 N–H and O–H groups in total. The number of amides is 1. The predicted molar refractivity (Wildman–Crippen MR) is 81.5 cm³/mol. The van der Waals surface area contributed by atoms with Crippen molar-refractivity contribution in [2.24, 2.45) is 0 Å². The summed E-state index contributed by atoms with van der Waals surface area (Å²) in [5.41, 5.74) is 1.48. The van der Waals surface area contributed by atoms with Gasteiger partial charge in [-0.3, -0.25) is 4.79 Å². The van der Waals surface area contributed by atoms with Gasteiger partial charge in [0.2, 0.25) is 0 Å². The van der Waals surface area contributed by atoms with Crippen molar-refractivity contribution in [2.45, 2.75) is 45.1 Å². The molecule has 1 amide bonds. The first kappa shape index (κ1) is 15.2. The SMILES string of the molecule is Cc1cc(O)ccc1C(=O)N(CCCl)C1CCCCC1. The normalized spacial score (nSPS) is 16.1. The fourth-order valence-corrected chi connectivity index (χ4v) is 3.16. The van der Waals surface area contributed by atoms with Crippen LogP contribution in [-0.2, 0) is 0 Å². The molecule has 4 heteroatoms. The highest BCUT2D eigenvalue weighted by Gasteiger charge is 2.26. The van der Waals surface area contributed by atoms with Crippen LogP contribution in [0.25, 0.3) is 0 Å². The molecule has 0 saturated heterocycles. The number of aromatic hydroxyl groups is 1. The summed E-state index contributed by atoms with van der Waals surface area (Å²) >= 11 is 5.88. The molecule has 1 saturated carbocycles. The van der Waals surface area contributed by atoms with Gasteiger partial charge in [-0.15, -0.1) is 11.6 Å². The molecule has 20 heavy (non-hydrogen) atoms. The fraction of sp³-hybridized carbons (Fsp3) is 0.562. The summed E-state index contributed by atoms with van der Waals surface area (Å²) in [7, 11) is 0. The van der Waals surface area contributed by atoms with Crippen LogP contribution in [0.4, 0.5) is 0 Å². The Kier molecular flexibility index (Phi) is 5.30. The molecular formula is C16H22ClNO2. The minimum Gasteiger partial charge on any atom is -0.508 e. The highest BCUT2D eigenvalue weighted by Crippen LogP contribution is 2.25. The van der Waals surface area contributed by atoms with E-state index in [0.29, 0.717) is 24.0 Å². The van der Waals surface area contributed by atoms with Gasteiger partial charge in [-0.1, -0.05) is 19.3 Å². The van der Waals surface area contributed by atoms with Crippen LogP contribution in [0.2, 0.25) is 0 Å². The Bertz CT molecular complexity index is 470. The molecule has 1 aromatic rings. The second-order valence-electron chi connectivity index (χ2n) is 5.48. The average Bonchev–Trinajstić information content (AvgIpc) is 2.45. The Hall–Kier alpha value is -1.22. The second-order valence-corrected chi connectivity index (χ2v) is 5.86. The molecule has 1 aromatic carbocycles. The van der Waals surface area contributed by atoms with Gasteiger partial charge in [0.05, 0.1) is 0 Å². The summed E-state index contributed by atoms with van der Waals surface area (Å²) < 4.78 is 0. The van der Waals surface area contributed by atoms with Gasteiger partial charge < -0.3 is 10.0 Å². The summed E-state index contributed by atoms with van der Waals surface area (Å²) in [6.45, 7) is 2.44. The van der Waals surface area contributed by atoms with Crippen molar-refractivity contribution in [2.75, 3.05) is 12.4 Å². The van der Waals surface area contributed by atoms with Crippen molar-refractivity contribution in [1.29, 1.82) is 0 Å². The van der Waals surface area contributed by atoms with Gasteiger partial charge in [-0.2, -0.15) is 0 Å². The molecule has 0 radical (unpaired) electrons. The molecule has 0 spiro atoms. The van der Waals surface area contributed by atoms with Crippen LogP contribution >= 0.6 is 11.6 Å². The van der Waals surface area contributed by atoms with E-state index < -0.39 is 0 Å². The Morgan fingerprint density at radius 2 is 2.05 bits per heavy atom. The fourth-order valence-electron chi connectivity index (χ4n) is 2.98. The number of carbonyl (C=O) groups is 1. The molecule has 110 valence electrons. The van der Waals surface area contributed by atoms with Crippen LogP contribution in [0.3, 0.4) is 0 Å². The van der Waals surface area contributed by atoms with E-state index in [-0.39, 0.29) is 11.7 Å². The molecular weight excluding hydrogens is 274 g/mol. The number of hydrogen-bond donors (Lipinski definition) is 1. The topological polar surface area (TPSA) is 40.5 Å². The number of halogens is 1. The highest BCUT2D eigenvalue weighted by atomic mass is 35.5. The van der Waals surface area contributed by atoms with Crippen molar-refractivity contribution >= 4 is 17.5 Å². The van der Waals surface area contributed by atoms with Crippen LogP contribution in [-0.4, -0.2) is 34.4 Å². The third-order valence-electron chi connectivity index (χ3n) is 4.04. The van der Waals surface area contributed by atoms with Gasteiger partial charge in [-0.25, -0.2) is 0 Å². The zero-order valence-electron chi connectivity index (χ0n) is 11.9. The van der Waals surface area contributed by atoms with Crippen LogP contribution in [0.15, 0.2) is 18.2 Å². The van der Waals surface area contributed by atoms with Crippen molar-refractivity contribution in [3.63, 3.8) is 0 Å². The number of aryl methyl sites for hydroxylation is 1. The maximum atomic E-state index is 12.8. The maximum Gasteiger partial charge on any atom is 0.254 e. The van der Waals surface area contributed by atoms with Gasteiger partial charge in [0.25, 0.3) is 5.91 Å². The first-order valence-corrected chi connectivity index (χ1v) is 7.83. The van der Waals surface area contributed by atoms with Crippen molar-refractivity contribution in [3.8, 4) is 5.75 Å². The molecule has 0 atom stereocenters. The minimum atomic E-state index is 0.0371.